The highest BCUT2D eigenvalue weighted by atomic mass is 79.9. The van der Waals surface area contributed by atoms with Gasteiger partial charge >= 0.3 is 0 Å². The minimum atomic E-state index is 0.468. The molecule has 0 amide bonds. The van der Waals surface area contributed by atoms with Gasteiger partial charge in [0.2, 0.25) is 5.13 Å². The average molecular weight is 257 g/mol. The summed E-state index contributed by atoms with van der Waals surface area (Å²) in [6, 6.07) is 1.92. The predicted octanol–water partition coefficient (Wildman–Crippen LogP) is 1.94. The molecular formula is C7H5BrN4S. The smallest absolute Gasteiger partial charge is 0.203 e. The van der Waals surface area contributed by atoms with Gasteiger partial charge in [-0.15, -0.1) is 10.2 Å². The lowest BCUT2D eigenvalue weighted by molar-refractivity contribution is 1.10. The van der Waals surface area contributed by atoms with Gasteiger partial charge in [-0.3, -0.25) is 4.98 Å². The average Bonchev–Trinajstić information content (AvgIpc) is 2.52. The fourth-order valence-electron chi connectivity index (χ4n) is 0.880. The van der Waals surface area contributed by atoms with Crippen LogP contribution in [-0.4, -0.2) is 15.2 Å². The topological polar surface area (TPSA) is 64.7 Å². The Kier molecular flexibility index (Phi) is 2.24. The van der Waals surface area contributed by atoms with Crippen LogP contribution in [0.2, 0.25) is 0 Å². The molecule has 2 aromatic heterocycles. The molecule has 6 heteroatoms. The molecule has 4 nitrogen and oxygen atoms in total. The fourth-order valence-corrected chi connectivity index (χ4v) is 1.84. The quantitative estimate of drug-likeness (QED) is 0.847. The molecule has 66 valence electrons. The first-order valence-corrected chi connectivity index (χ1v) is 5.06. The van der Waals surface area contributed by atoms with Crippen molar-refractivity contribution in [2.45, 2.75) is 0 Å². The largest absolute Gasteiger partial charge is 0.374 e. The summed E-state index contributed by atoms with van der Waals surface area (Å²) in [7, 11) is 0. The first kappa shape index (κ1) is 8.58. The number of halogens is 1. The molecule has 0 fully saturated rings. The van der Waals surface area contributed by atoms with Gasteiger partial charge in [0, 0.05) is 22.4 Å². The third-order valence-corrected chi connectivity index (χ3v) is 2.63. The predicted molar refractivity (Wildman–Crippen MR) is 55.3 cm³/mol. The molecule has 2 heterocycles. The van der Waals surface area contributed by atoms with E-state index < -0.39 is 0 Å². The molecule has 0 saturated carbocycles. The highest BCUT2D eigenvalue weighted by Crippen LogP contribution is 2.25. The van der Waals surface area contributed by atoms with Crippen LogP contribution in [-0.2, 0) is 0 Å². The summed E-state index contributed by atoms with van der Waals surface area (Å²) in [4.78, 5) is 4.02. The van der Waals surface area contributed by atoms with Crippen LogP contribution in [0.25, 0.3) is 10.6 Å². The number of nitrogen functional groups attached to an aromatic ring is 1. The van der Waals surface area contributed by atoms with Crippen LogP contribution in [0.4, 0.5) is 5.13 Å². The molecule has 0 saturated heterocycles. The maximum atomic E-state index is 5.47. The molecule has 0 aliphatic rings. The number of aromatic nitrogens is 3. The summed E-state index contributed by atoms with van der Waals surface area (Å²) in [6.07, 6.45) is 3.44. The van der Waals surface area contributed by atoms with Crippen molar-refractivity contribution in [3.05, 3.63) is 22.9 Å². The van der Waals surface area contributed by atoms with E-state index in [1.54, 1.807) is 12.4 Å². The van der Waals surface area contributed by atoms with Gasteiger partial charge < -0.3 is 5.73 Å². The molecular weight excluding hydrogens is 252 g/mol. The van der Waals surface area contributed by atoms with Crippen molar-refractivity contribution in [1.29, 1.82) is 0 Å². The lowest BCUT2D eigenvalue weighted by Crippen LogP contribution is -1.80. The van der Waals surface area contributed by atoms with E-state index in [1.807, 2.05) is 6.07 Å². The number of nitrogens with zero attached hydrogens (tertiary/aromatic N) is 3. The van der Waals surface area contributed by atoms with Gasteiger partial charge in [0.05, 0.1) is 0 Å². The number of hydrogen-bond acceptors (Lipinski definition) is 5. The Hall–Kier alpha value is -1.01. The second-order valence-electron chi connectivity index (χ2n) is 2.34. The number of hydrogen-bond donors (Lipinski definition) is 1. The molecule has 2 rings (SSSR count). The monoisotopic (exact) mass is 256 g/mol. The minimum Gasteiger partial charge on any atom is -0.374 e. The van der Waals surface area contributed by atoms with Gasteiger partial charge in [-0.05, 0) is 22.0 Å². The van der Waals surface area contributed by atoms with Gasteiger partial charge in [0.25, 0.3) is 0 Å². The Morgan fingerprint density at radius 2 is 2.15 bits per heavy atom. The minimum absolute atomic E-state index is 0.468. The van der Waals surface area contributed by atoms with E-state index >= 15 is 0 Å². The van der Waals surface area contributed by atoms with Crippen molar-refractivity contribution in [3.63, 3.8) is 0 Å². The Morgan fingerprint density at radius 3 is 2.77 bits per heavy atom. The number of anilines is 1. The zero-order valence-electron chi connectivity index (χ0n) is 6.44. The summed E-state index contributed by atoms with van der Waals surface area (Å²) in [5, 5.41) is 8.89. The van der Waals surface area contributed by atoms with E-state index in [2.05, 4.69) is 31.1 Å². The molecule has 0 radical (unpaired) electrons. The summed E-state index contributed by atoms with van der Waals surface area (Å²) in [5.41, 5.74) is 6.39. The third kappa shape index (κ3) is 1.84. The van der Waals surface area contributed by atoms with Crippen LogP contribution in [0.3, 0.4) is 0 Å². The van der Waals surface area contributed by atoms with Crippen LogP contribution in [0.5, 0.6) is 0 Å². The zero-order valence-corrected chi connectivity index (χ0v) is 8.84. The maximum Gasteiger partial charge on any atom is 0.203 e. The second-order valence-corrected chi connectivity index (χ2v) is 4.26. The van der Waals surface area contributed by atoms with Gasteiger partial charge in [-0.2, -0.15) is 0 Å². The number of nitrogens with two attached hydrogens (primary N) is 1. The lowest BCUT2D eigenvalue weighted by Gasteiger charge is -1.93. The van der Waals surface area contributed by atoms with Crippen molar-refractivity contribution in [1.82, 2.24) is 15.2 Å². The van der Waals surface area contributed by atoms with Crippen LogP contribution >= 0.6 is 27.3 Å². The van der Waals surface area contributed by atoms with Crippen LogP contribution in [0.15, 0.2) is 22.9 Å². The Bertz CT molecular complexity index is 428. The molecule has 0 spiro atoms. The number of pyridine rings is 1. The van der Waals surface area contributed by atoms with E-state index in [-0.39, 0.29) is 0 Å². The highest BCUT2D eigenvalue weighted by molar-refractivity contribution is 9.10. The van der Waals surface area contributed by atoms with Crippen molar-refractivity contribution < 1.29 is 0 Å². The van der Waals surface area contributed by atoms with Crippen molar-refractivity contribution >= 4 is 32.4 Å². The number of rotatable bonds is 1. The normalized spacial score (nSPS) is 10.2. The Labute approximate surface area is 87.0 Å². The van der Waals surface area contributed by atoms with Gasteiger partial charge in [-0.1, -0.05) is 11.3 Å². The molecule has 0 unspecified atom stereocenters. The molecule has 13 heavy (non-hydrogen) atoms. The van der Waals surface area contributed by atoms with Gasteiger partial charge in [-0.25, -0.2) is 0 Å². The summed E-state index contributed by atoms with van der Waals surface area (Å²) >= 11 is 4.67. The second kappa shape index (κ2) is 3.39. The van der Waals surface area contributed by atoms with Crippen LogP contribution in [0.1, 0.15) is 0 Å². The summed E-state index contributed by atoms with van der Waals surface area (Å²) < 4.78 is 0.916. The first-order valence-electron chi connectivity index (χ1n) is 3.45. The third-order valence-electron chi connectivity index (χ3n) is 1.39. The van der Waals surface area contributed by atoms with Crippen molar-refractivity contribution in [2.75, 3.05) is 5.73 Å². The standard InChI is InChI=1S/C7H5BrN4S/c8-5-1-4(2-10-3-5)6-11-12-7(9)13-6/h1-3H,(H2,9,12). The summed E-state index contributed by atoms with van der Waals surface area (Å²) in [6.45, 7) is 0. The zero-order chi connectivity index (χ0) is 9.26. The Morgan fingerprint density at radius 1 is 1.31 bits per heavy atom. The SMILES string of the molecule is Nc1nnc(-c2cncc(Br)c2)s1. The Balaban J connectivity index is 2.46. The highest BCUT2D eigenvalue weighted by Gasteiger charge is 2.04. The molecule has 0 aliphatic heterocycles. The van der Waals surface area contributed by atoms with Crippen LogP contribution < -0.4 is 5.73 Å². The van der Waals surface area contributed by atoms with E-state index in [0.29, 0.717) is 5.13 Å². The first-order chi connectivity index (χ1) is 6.25. The lowest BCUT2D eigenvalue weighted by atomic mass is 10.3. The molecule has 0 aromatic carbocycles. The van der Waals surface area contributed by atoms with Crippen molar-refractivity contribution in [2.24, 2.45) is 0 Å². The molecule has 0 atom stereocenters. The van der Waals surface area contributed by atoms with Crippen molar-refractivity contribution in [3.8, 4) is 10.6 Å². The van der Waals surface area contributed by atoms with E-state index in [0.717, 1.165) is 15.0 Å². The molecule has 2 N–H and O–H groups in total. The van der Waals surface area contributed by atoms with E-state index in [9.17, 15) is 0 Å². The van der Waals surface area contributed by atoms with E-state index in [1.165, 1.54) is 11.3 Å². The fraction of sp³-hybridized carbons (Fsp3) is 0. The van der Waals surface area contributed by atoms with Gasteiger partial charge in [0.1, 0.15) is 0 Å². The van der Waals surface area contributed by atoms with Crippen LogP contribution in [0, 0.1) is 0 Å². The molecule has 2 aromatic rings. The maximum absolute atomic E-state index is 5.47. The van der Waals surface area contributed by atoms with E-state index in [4.69, 9.17) is 5.73 Å². The summed E-state index contributed by atoms with van der Waals surface area (Å²) in [5.74, 6) is 0. The molecule has 0 bridgehead atoms. The van der Waals surface area contributed by atoms with Gasteiger partial charge in [0.15, 0.2) is 5.01 Å². The molecule has 0 aliphatic carbocycles.